The molecular formula is C9H8BrF3N2O. The van der Waals surface area contributed by atoms with Crippen LogP contribution in [0, 0.1) is 0 Å². The lowest BCUT2D eigenvalue weighted by molar-refractivity contribution is -0.137. The van der Waals surface area contributed by atoms with E-state index in [1.165, 1.54) is 7.05 Å². The molecule has 0 heterocycles. The van der Waals surface area contributed by atoms with Gasteiger partial charge in [0.2, 0.25) is 0 Å². The first-order valence-electron chi connectivity index (χ1n) is 4.15. The van der Waals surface area contributed by atoms with E-state index in [2.05, 4.69) is 21.2 Å². The van der Waals surface area contributed by atoms with Crippen LogP contribution in [0.5, 0.6) is 0 Å². The van der Waals surface area contributed by atoms with Gasteiger partial charge in [-0.05, 0) is 28.1 Å². The predicted molar refractivity (Wildman–Crippen MR) is 57.2 cm³/mol. The third kappa shape index (κ3) is 2.46. The van der Waals surface area contributed by atoms with Crippen molar-refractivity contribution in [3.63, 3.8) is 0 Å². The molecule has 0 aliphatic heterocycles. The largest absolute Gasteiger partial charge is 0.416 e. The molecule has 16 heavy (non-hydrogen) atoms. The number of primary amides is 1. The van der Waals surface area contributed by atoms with Crippen molar-refractivity contribution in [1.29, 1.82) is 0 Å². The van der Waals surface area contributed by atoms with Crippen molar-refractivity contribution in [1.82, 2.24) is 0 Å². The SMILES string of the molecule is CNc1c(Br)cc(C(F)(F)F)cc1C(N)=O. The van der Waals surface area contributed by atoms with Crippen molar-refractivity contribution >= 4 is 27.5 Å². The highest BCUT2D eigenvalue weighted by Crippen LogP contribution is 2.36. The van der Waals surface area contributed by atoms with Crippen LogP contribution in [0.2, 0.25) is 0 Å². The van der Waals surface area contributed by atoms with Gasteiger partial charge in [-0.3, -0.25) is 4.79 Å². The maximum Gasteiger partial charge on any atom is 0.416 e. The topological polar surface area (TPSA) is 55.1 Å². The molecule has 1 aromatic rings. The fourth-order valence-electron chi connectivity index (χ4n) is 1.22. The molecule has 0 unspecified atom stereocenters. The predicted octanol–water partition coefficient (Wildman–Crippen LogP) is 2.61. The normalized spacial score (nSPS) is 11.3. The smallest absolute Gasteiger partial charge is 0.387 e. The van der Waals surface area contributed by atoms with E-state index in [4.69, 9.17) is 5.73 Å². The number of anilines is 1. The van der Waals surface area contributed by atoms with Gasteiger partial charge >= 0.3 is 6.18 Å². The minimum absolute atomic E-state index is 0.138. The van der Waals surface area contributed by atoms with Crippen LogP contribution in [-0.2, 0) is 6.18 Å². The second-order valence-corrected chi connectivity index (χ2v) is 3.85. The molecule has 1 amide bonds. The van der Waals surface area contributed by atoms with E-state index in [0.29, 0.717) is 0 Å². The van der Waals surface area contributed by atoms with Crippen LogP contribution >= 0.6 is 15.9 Å². The van der Waals surface area contributed by atoms with Crippen molar-refractivity contribution in [3.05, 3.63) is 27.7 Å². The molecule has 0 bridgehead atoms. The summed E-state index contributed by atoms with van der Waals surface area (Å²) in [5.74, 6) is -0.920. The molecule has 1 rings (SSSR count). The highest BCUT2D eigenvalue weighted by atomic mass is 79.9. The minimum atomic E-state index is -4.51. The molecule has 0 saturated carbocycles. The van der Waals surface area contributed by atoms with Gasteiger partial charge in [0.05, 0.1) is 16.8 Å². The van der Waals surface area contributed by atoms with Gasteiger partial charge in [-0.1, -0.05) is 0 Å². The van der Waals surface area contributed by atoms with Crippen molar-refractivity contribution in [2.45, 2.75) is 6.18 Å². The summed E-state index contributed by atoms with van der Waals surface area (Å²) in [6.07, 6.45) is -4.51. The average molecular weight is 297 g/mol. The van der Waals surface area contributed by atoms with Gasteiger partial charge in [-0.25, -0.2) is 0 Å². The number of hydrogen-bond acceptors (Lipinski definition) is 2. The summed E-state index contributed by atoms with van der Waals surface area (Å²) in [5, 5.41) is 2.61. The number of halogens is 4. The molecule has 0 atom stereocenters. The first-order chi connectivity index (χ1) is 7.27. The summed E-state index contributed by atoms with van der Waals surface area (Å²) in [6, 6.07) is 1.61. The monoisotopic (exact) mass is 296 g/mol. The molecule has 0 aromatic heterocycles. The van der Waals surface area contributed by atoms with Gasteiger partial charge in [0.15, 0.2) is 0 Å². The second-order valence-electron chi connectivity index (χ2n) is 2.99. The average Bonchev–Trinajstić information content (AvgIpc) is 2.14. The van der Waals surface area contributed by atoms with Gasteiger partial charge in [0.25, 0.3) is 5.91 Å². The summed E-state index contributed by atoms with van der Waals surface area (Å²) in [5.41, 5.74) is 4.11. The Kier molecular flexibility index (Phi) is 3.47. The van der Waals surface area contributed by atoms with Gasteiger partial charge in [0, 0.05) is 11.5 Å². The maximum absolute atomic E-state index is 12.5. The summed E-state index contributed by atoms with van der Waals surface area (Å²) >= 11 is 2.95. The van der Waals surface area contributed by atoms with Crippen LogP contribution in [0.1, 0.15) is 15.9 Å². The van der Waals surface area contributed by atoms with E-state index in [-0.39, 0.29) is 15.7 Å². The van der Waals surface area contributed by atoms with E-state index in [1.54, 1.807) is 0 Å². The van der Waals surface area contributed by atoms with Crippen LogP contribution in [0.25, 0.3) is 0 Å². The Morgan fingerprint density at radius 3 is 2.38 bits per heavy atom. The number of carbonyl (C=O) groups is 1. The van der Waals surface area contributed by atoms with Gasteiger partial charge in [-0.2, -0.15) is 13.2 Å². The molecule has 0 aliphatic rings. The van der Waals surface area contributed by atoms with E-state index in [1.807, 2.05) is 0 Å². The summed E-state index contributed by atoms with van der Waals surface area (Å²) in [7, 11) is 1.49. The highest BCUT2D eigenvalue weighted by molar-refractivity contribution is 9.10. The molecule has 0 fully saturated rings. The van der Waals surface area contributed by atoms with Crippen molar-refractivity contribution < 1.29 is 18.0 Å². The molecule has 3 N–H and O–H groups in total. The number of amides is 1. The summed E-state index contributed by atoms with van der Waals surface area (Å²) in [6.45, 7) is 0. The van der Waals surface area contributed by atoms with Crippen LogP contribution in [0.15, 0.2) is 16.6 Å². The van der Waals surface area contributed by atoms with Gasteiger partial charge in [0.1, 0.15) is 0 Å². The van der Waals surface area contributed by atoms with Gasteiger partial charge < -0.3 is 11.1 Å². The number of nitrogens with two attached hydrogens (primary N) is 1. The fraction of sp³-hybridized carbons (Fsp3) is 0.222. The lowest BCUT2D eigenvalue weighted by Gasteiger charge is -2.13. The van der Waals surface area contributed by atoms with E-state index in [0.717, 1.165) is 12.1 Å². The standard InChI is InChI=1S/C9H8BrF3N2O/c1-15-7-5(8(14)16)2-4(3-6(7)10)9(11,12)13/h2-3,15H,1H3,(H2,14,16). The second kappa shape index (κ2) is 4.32. The fourth-order valence-corrected chi connectivity index (χ4v) is 1.88. The Morgan fingerprint density at radius 2 is 2.00 bits per heavy atom. The number of nitrogens with one attached hydrogen (secondary N) is 1. The number of hydrogen-bond donors (Lipinski definition) is 2. The van der Waals surface area contributed by atoms with Crippen molar-refractivity contribution in [3.8, 4) is 0 Å². The minimum Gasteiger partial charge on any atom is -0.387 e. The van der Waals surface area contributed by atoms with E-state index < -0.39 is 17.6 Å². The third-order valence-corrected chi connectivity index (χ3v) is 2.56. The van der Waals surface area contributed by atoms with Crippen LogP contribution < -0.4 is 11.1 Å². The third-order valence-electron chi connectivity index (χ3n) is 1.93. The quantitative estimate of drug-likeness (QED) is 0.881. The number of carbonyl (C=O) groups excluding carboxylic acids is 1. The Labute approximate surface area is 97.9 Å². The highest BCUT2D eigenvalue weighted by Gasteiger charge is 2.32. The zero-order valence-corrected chi connectivity index (χ0v) is 9.74. The summed E-state index contributed by atoms with van der Waals surface area (Å²) < 4.78 is 37.5. The van der Waals surface area contributed by atoms with Crippen LogP contribution in [-0.4, -0.2) is 13.0 Å². The zero-order chi connectivity index (χ0) is 12.5. The lowest BCUT2D eigenvalue weighted by Crippen LogP contribution is -2.16. The molecule has 0 saturated heterocycles. The molecule has 1 aromatic carbocycles. The van der Waals surface area contributed by atoms with Gasteiger partial charge in [-0.15, -0.1) is 0 Å². The Hall–Kier alpha value is -1.24. The Balaban J connectivity index is 3.46. The Morgan fingerprint density at radius 1 is 1.44 bits per heavy atom. The molecule has 7 heteroatoms. The number of rotatable bonds is 2. The maximum atomic E-state index is 12.5. The molecule has 0 aliphatic carbocycles. The number of benzene rings is 1. The first-order valence-corrected chi connectivity index (χ1v) is 4.95. The molecule has 88 valence electrons. The van der Waals surface area contributed by atoms with Crippen LogP contribution in [0.4, 0.5) is 18.9 Å². The van der Waals surface area contributed by atoms with E-state index in [9.17, 15) is 18.0 Å². The lowest BCUT2D eigenvalue weighted by atomic mass is 10.1. The molecule has 3 nitrogen and oxygen atoms in total. The van der Waals surface area contributed by atoms with E-state index >= 15 is 0 Å². The van der Waals surface area contributed by atoms with Crippen molar-refractivity contribution in [2.24, 2.45) is 5.73 Å². The molecule has 0 radical (unpaired) electrons. The van der Waals surface area contributed by atoms with Crippen molar-refractivity contribution in [2.75, 3.05) is 12.4 Å². The number of alkyl halides is 3. The van der Waals surface area contributed by atoms with Crippen LogP contribution in [0.3, 0.4) is 0 Å². The molecular weight excluding hydrogens is 289 g/mol. The summed E-state index contributed by atoms with van der Waals surface area (Å²) in [4.78, 5) is 11.0. The Bertz CT molecular complexity index is 431. The first kappa shape index (κ1) is 12.8. The molecule has 0 spiro atoms. The zero-order valence-electron chi connectivity index (χ0n) is 8.15.